The number of rotatable bonds is 52. The number of amides is 1. The second-order valence-corrected chi connectivity index (χ2v) is 21.1. The van der Waals surface area contributed by atoms with Crippen LogP contribution in [0.1, 0.15) is 303 Å². The van der Waals surface area contributed by atoms with Gasteiger partial charge in [0.25, 0.3) is 0 Å². The first-order valence-electron chi connectivity index (χ1n) is 29.9. The summed E-state index contributed by atoms with van der Waals surface area (Å²) in [4.78, 5) is 13.1. The Hall–Kier alpha value is -1.07. The summed E-state index contributed by atoms with van der Waals surface area (Å²) in [6.45, 7) is 3.87. The number of hydrogen-bond acceptors (Lipinski definition) is 8. The first-order chi connectivity index (χ1) is 33.3. The van der Waals surface area contributed by atoms with Gasteiger partial charge in [-0.2, -0.15) is 0 Å². The Labute approximate surface area is 420 Å². The zero-order chi connectivity index (χ0) is 49.4. The molecular formula is C59H115NO8. The average molecular weight is 967 g/mol. The zero-order valence-corrected chi connectivity index (χ0v) is 44.9. The van der Waals surface area contributed by atoms with Crippen LogP contribution in [0.3, 0.4) is 0 Å². The first-order valence-corrected chi connectivity index (χ1v) is 29.9. The van der Waals surface area contributed by atoms with Gasteiger partial charge in [0.05, 0.1) is 25.4 Å². The van der Waals surface area contributed by atoms with Gasteiger partial charge < -0.3 is 40.3 Å². The Bertz CT molecular complexity index is 1080. The molecule has 1 aliphatic rings. The minimum Gasteiger partial charge on any atom is -0.394 e. The number of aliphatic hydroxyl groups excluding tert-OH is 5. The molecule has 0 spiro atoms. The fourth-order valence-corrected chi connectivity index (χ4v) is 9.87. The lowest BCUT2D eigenvalue weighted by atomic mass is 9.99. The van der Waals surface area contributed by atoms with Crippen molar-refractivity contribution in [1.82, 2.24) is 5.32 Å². The standard InChI is InChI=1S/C59H115NO8/c1-3-5-7-9-11-13-15-17-19-21-22-23-24-25-26-27-28-29-30-31-33-34-36-38-40-42-44-46-48-53(62)52(51-67-59-58(66)57(65)56(64)54(50-61)68-59)60-55(63)49-47-45-43-41-39-37-35-32-20-18-16-14-12-10-8-6-4-2/h18,20,52-54,56-59,61-62,64-66H,3-17,19,21-51H2,1-2H3,(H,60,63)/b20-18-. The topological polar surface area (TPSA) is 149 Å². The first kappa shape index (κ1) is 64.9. The fourth-order valence-electron chi connectivity index (χ4n) is 9.87. The van der Waals surface area contributed by atoms with Gasteiger partial charge in [-0.3, -0.25) is 4.79 Å². The van der Waals surface area contributed by atoms with Crippen LogP contribution in [0.4, 0.5) is 0 Å². The average Bonchev–Trinajstić information content (AvgIpc) is 3.34. The summed E-state index contributed by atoms with van der Waals surface area (Å²) in [6.07, 6.45) is 53.9. The molecule has 9 heteroatoms. The van der Waals surface area contributed by atoms with Crippen LogP contribution in [0.5, 0.6) is 0 Å². The SMILES string of the molecule is CCCCCCCC/C=C\CCCCCCCCCC(=O)NC(COC1OC(CO)C(O)C(O)C1O)C(O)CCCCCCCCCCCCCCCCCCCCCCCCCCCCCC. The molecule has 1 saturated heterocycles. The van der Waals surface area contributed by atoms with E-state index >= 15 is 0 Å². The normalized spacial score (nSPS) is 19.5. The number of ether oxygens (including phenoxy) is 2. The van der Waals surface area contributed by atoms with Gasteiger partial charge >= 0.3 is 0 Å². The van der Waals surface area contributed by atoms with Crippen LogP contribution in [0.15, 0.2) is 12.2 Å². The van der Waals surface area contributed by atoms with Crippen LogP contribution in [0.2, 0.25) is 0 Å². The quantitative estimate of drug-likeness (QED) is 0.0261. The highest BCUT2D eigenvalue weighted by molar-refractivity contribution is 5.76. The number of hydrogen-bond donors (Lipinski definition) is 6. The molecule has 1 heterocycles. The molecular weight excluding hydrogens is 851 g/mol. The molecule has 0 aliphatic carbocycles. The summed E-state index contributed by atoms with van der Waals surface area (Å²) in [5, 5.41) is 54.7. The second kappa shape index (κ2) is 49.5. The minimum absolute atomic E-state index is 0.136. The van der Waals surface area contributed by atoms with Crippen LogP contribution in [-0.2, 0) is 14.3 Å². The third-order valence-corrected chi connectivity index (χ3v) is 14.6. The van der Waals surface area contributed by atoms with Crippen molar-refractivity contribution < 1.29 is 39.8 Å². The summed E-state index contributed by atoms with van der Waals surface area (Å²) in [7, 11) is 0. The molecule has 0 aromatic carbocycles. The van der Waals surface area contributed by atoms with E-state index in [0.717, 1.165) is 38.5 Å². The van der Waals surface area contributed by atoms with E-state index < -0.39 is 49.5 Å². The van der Waals surface area contributed by atoms with Gasteiger partial charge in [0, 0.05) is 6.42 Å². The summed E-state index contributed by atoms with van der Waals surface area (Å²) in [5.74, 6) is -0.144. The van der Waals surface area contributed by atoms with Gasteiger partial charge in [-0.1, -0.05) is 270 Å². The number of carbonyl (C=O) groups is 1. The molecule has 0 saturated carbocycles. The molecule has 0 radical (unpaired) electrons. The van der Waals surface area contributed by atoms with E-state index in [0.29, 0.717) is 12.8 Å². The van der Waals surface area contributed by atoms with E-state index in [4.69, 9.17) is 9.47 Å². The van der Waals surface area contributed by atoms with Crippen molar-refractivity contribution in [3.8, 4) is 0 Å². The van der Waals surface area contributed by atoms with Crippen LogP contribution >= 0.6 is 0 Å². The molecule has 1 rings (SSSR count). The van der Waals surface area contributed by atoms with Gasteiger partial charge in [0.1, 0.15) is 24.4 Å². The molecule has 1 amide bonds. The van der Waals surface area contributed by atoms with Gasteiger partial charge in [-0.15, -0.1) is 0 Å². The van der Waals surface area contributed by atoms with Crippen molar-refractivity contribution in [2.75, 3.05) is 13.2 Å². The maximum absolute atomic E-state index is 13.1. The van der Waals surface area contributed by atoms with Crippen molar-refractivity contribution in [3.63, 3.8) is 0 Å². The predicted octanol–water partition coefficient (Wildman–Crippen LogP) is 14.8. The molecule has 0 bridgehead atoms. The van der Waals surface area contributed by atoms with Gasteiger partial charge in [-0.25, -0.2) is 0 Å². The lowest BCUT2D eigenvalue weighted by Gasteiger charge is -2.40. The molecule has 68 heavy (non-hydrogen) atoms. The Kier molecular flexibility index (Phi) is 47.3. The second-order valence-electron chi connectivity index (χ2n) is 21.1. The van der Waals surface area contributed by atoms with E-state index in [1.54, 1.807) is 0 Å². The highest BCUT2D eigenvalue weighted by Gasteiger charge is 2.44. The molecule has 7 atom stereocenters. The Balaban J connectivity index is 2.16. The maximum atomic E-state index is 13.1. The lowest BCUT2D eigenvalue weighted by molar-refractivity contribution is -0.302. The Morgan fingerprint density at radius 3 is 1.19 bits per heavy atom. The van der Waals surface area contributed by atoms with Gasteiger partial charge in [-0.05, 0) is 38.5 Å². The van der Waals surface area contributed by atoms with E-state index in [1.165, 1.54) is 238 Å². The van der Waals surface area contributed by atoms with Crippen molar-refractivity contribution in [2.45, 2.75) is 346 Å². The third-order valence-electron chi connectivity index (χ3n) is 14.6. The number of nitrogens with one attached hydrogen (secondary N) is 1. The monoisotopic (exact) mass is 966 g/mol. The van der Waals surface area contributed by atoms with Crippen molar-refractivity contribution in [3.05, 3.63) is 12.2 Å². The van der Waals surface area contributed by atoms with Crippen LogP contribution < -0.4 is 5.32 Å². The number of unbranched alkanes of at least 4 members (excludes halogenated alkanes) is 40. The van der Waals surface area contributed by atoms with Crippen LogP contribution in [-0.4, -0.2) is 87.5 Å². The summed E-state index contributed by atoms with van der Waals surface area (Å²) >= 11 is 0. The van der Waals surface area contributed by atoms with Crippen molar-refractivity contribution in [2.24, 2.45) is 0 Å². The van der Waals surface area contributed by atoms with Crippen LogP contribution in [0.25, 0.3) is 0 Å². The molecule has 1 fully saturated rings. The summed E-state index contributed by atoms with van der Waals surface area (Å²) in [5.41, 5.74) is 0. The molecule has 0 aromatic heterocycles. The Morgan fingerprint density at radius 2 is 0.824 bits per heavy atom. The number of aliphatic hydroxyl groups is 5. The highest BCUT2D eigenvalue weighted by atomic mass is 16.7. The molecule has 6 N–H and O–H groups in total. The molecule has 404 valence electrons. The van der Waals surface area contributed by atoms with E-state index in [1.807, 2.05) is 0 Å². The van der Waals surface area contributed by atoms with E-state index in [-0.39, 0.29) is 12.5 Å². The molecule has 7 unspecified atom stereocenters. The largest absolute Gasteiger partial charge is 0.394 e. The number of carbonyl (C=O) groups excluding carboxylic acids is 1. The smallest absolute Gasteiger partial charge is 0.220 e. The summed E-state index contributed by atoms with van der Waals surface area (Å²) in [6, 6.07) is -0.719. The van der Waals surface area contributed by atoms with Crippen LogP contribution in [0, 0.1) is 0 Å². The van der Waals surface area contributed by atoms with Crippen molar-refractivity contribution >= 4 is 5.91 Å². The van der Waals surface area contributed by atoms with Gasteiger partial charge in [0.15, 0.2) is 6.29 Å². The third kappa shape index (κ3) is 38.6. The minimum atomic E-state index is -1.55. The predicted molar refractivity (Wildman–Crippen MR) is 286 cm³/mol. The number of allylic oxidation sites excluding steroid dienone is 2. The molecule has 0 aromatic rings. The van der Waals surface area contributed by atoms with E-state index in [9.17, 15) is 30.3 Å². The van der Waals surface area contributed by atoms with Crippen molar-refractivity contribution in [1.29, 1.82) is 0 Å². The van der Waals surface area contributed by atoms with Gasteiger partial charge in [0.2, 0.25) is 5.91 Å². The van der Waals surface area contributed by atoms with E-state index in [2.05, 4.69) is 31.3 Å². The highest BCUT2D eigenvalue weighted by Crippen LogP contribution is 2.23. The zero-order valence-electron chi connectivity index (χ0n) is 44.9. The maximum Gasteiger partial charge on any atom is 0.220 e. The Morgan fingerprint density at radius 1 is 0.485 bits per heavy atom. The molecule has 1 aliphatic heterocycles. The molecule has 9 nitrogen and oxygen atoms in total. The fraction of sp³-hybridized carbons (Fsp3) is 0.949. The summed E-state index contributed by atoms with van der Waals surface area (Å²) < 4.78 is 11.3. The lowest BCUT2D eigenvalue weighted by Crippen LogP contribution is -2.60.